The molecule has 10 nitrogen and oxygen atoms in total. The van der Waals surface area contributed by atoms with Crippen LogP contribution in [0, 0.1) is 13.8 Å². The van der Waals surface area contributed by atoms with Crippen molar-refractivity contribution in [3.63, 3.8) is 0 Å². The van der Waals surface area contributed by atoms with E-state index in [4.69, 9.17) is 9.52 Å². The number of aryl methyl sites for hydroxylation is 1. The van der Waals surface area contributed by atoms with E-state index in [1.165, 1.54) is 31.4 Å². The number of amides is 3. The molecule has 2 N–H and O–H groups in total. The van der Waals surface area contributed by atoms with Crippen LogP contribution in [0.4, 0.5) is 4.79 Å². The molecule has 0 radical (unpaired) electrons. The van der Waals surface area contributed by atoms with Gasteiger partial charge in [-0.15, -0.1) is 0 Å². The molecule has 1 aliphatic rings. The molecular formula is C24H21N3O7. The van der Waals surface area contributed by atoms with Gasteiger partial charge in [0.25, 0.3) is 5.91 Å². The molecule has 0 bridgehead atoms. The molecule has 0 saturated carbocycles. The number of urea groups is 1. The van der Waals surface area contributed by atoms with Gasteiger partial charge in [0.15, 0.2) is 0 Å². The Morgan fingerprint density at radius 2 is 1.82 bits per heavy atom. The summed E-state index contributed by atoms with van der Waals surface area (Å²) in [6.45, 7) is 3.60. The quantitative estimate of drug-likeness (QED) is 0.326. The third-order valence-electron chi connectivity index (χ3n) is 5.47. The average molecular weight is 463 g/mol. The van der Waals surface area contributed by atoms with Crippen LogP contribution >= 0.6 is 0 Å². The largest absolute Gasteiger partial charge is 0.478 e. The maximum Gasteiger partial charge on any atom is 0.373 e. The van der Waals surface area contributed by atoms with Gasteiger partial charge in [-0.3, -0.25) is 9.69 Å². The Hall–Kier alpha value is -4.60. The van der Waals surface area contributed by atoms with Gasteiger partial charge in [-0.05, 0) is 68.0 Å². The average Bonchev–Trinajstić information content (AvgIpc) is 3.47. The highest BCUT2D eigenvalue weighted by Crippen LogP contribution is 2.25. The summed E-state index contributed by atoms with van der Waals surface area (Å²) in [6.07, 6.45) is 1.59. The summed E-state index contributed by atoms with van der Waals surface area (Å²) in [5.41, 5.74) is 3.45. The lowest BCUT2D eigenvalue weighted by Crippen LogP contribution is -2.30. The van der Waals surface area contributed by atoms with E-state index in [-0.39, 0.29) is 29.3 Å². The molecule has 1 saturated heterocycles. The number of nitrogens with one attached hydrogen (secondary N) is 1. The minimum absolute atomic E-state index is 0.0239. The lowest BCUT2D eigenvalue weighted by molar-refractivity contribution is -0.123. The molecule has 3 heterocycles. The number of esters is 1. The number of aromatic carboxylic acids is 1. The second kappa shape index (κ2) is 8.74. The van der Waals surface area contributed by atoms with Crippen molar-refractivity contribution in [2.45, 2.75) is 20.4 Å². The van der Waals surface area contributed by atoms with E-state index in [9.17, 15) is 19.2 Å². The normalized spacial score (nSPS) is 14.6. The third kappa shape index (κ3) is 4.08. The van der Waals surface area contributed by atoms with E-state index >= 15 is 0 Å². The number of ether oxygens (including phenoxy) is 1. The molecular weight excluding hydrogens is 442 g/mol. The predicted molar refractivity (Wildman–Crippen MR) is 119 cm³/mol. The summed E-state index contributed by atoms with van der Waals surface area (Å²) in [6, 6.07) is 10.6. The first-order valence-corrected chi connectivity index (χ1v) is 10.2. The number of carbonyl (C=O) groups excluding carboxylic acids is 3. The maximum atomic E-state index is 12.9. The SMILES string of the molecule is COC(=O)c1ccc(CN2C(=O)N/C(=C\c3cc(C)n(-c4ccc(C(=O)O)cc4)c3C)C2=O)o1. The number of furan rings is 1. The zero-order valence-electron chi connectivity index (χ0n) is 18.6. The zero-order valence-corrected chi connectivity index (χ0v) is 18.6. The van der Waals surface area contributed by atoms with Crippen LogP contribution in [0.5, 0.6) is 0 Å². The molecule has 1 fully saturated rings. The van der Waals surface area contributed by atoms with Gasteiger partial charge in [-0.1, -0.05) is 0 Å². The Labute approximate surface area is 194 Å². The highest BCUT2D eigenvalue weighted by Gasteiger charge is 2.34. The van der Waals surface area contributed by atoms with E-state index in [0.29, 0.717) is 0 Å². The lowest BCUT2D eigenvalue weighted by atomic mass is 10.2. The molecule has 10 heteroatoms. The Balaban J connectivity index is 1.57. The molecule has 0 atom stereocenters. The number of benzene rings is 1. The van der Waals surface area contributed by atoms with E-state index in [1.807, 2.05) is 24.5 Å². The maximum absolute atomic E-state index is 12.9. The van der Waals surface area contributed by atoms with E-state index in [0.717, 1.165) is 27.5 Å². The molecule has 0 unspecified atom stereocenters. The zero-order chi connectivity index (χ0) is 24.6. The van der Waals surface area contributed by atoms with Crippen molar-refractivity contribution in [2.24, 2.45) is 0 Å². The lowest BCUT2D eigenvalue weighted by Gasteiger charge is -2.10. The van der Waals surface area contributed by atoms with Crippen molar-refractivity contribution >= 4 is 30.0 Å². The third-order valence-corrected chi connectivity index (χ3v) is 5.47. The molecule has 34 heavy (non-hydrogen) atoms. The first-order valence-electron chi connectivity index (χ1n) is 10.2. The summed E-state index contributed by atoms with van der Waals surface area (Å²) in [5, 5.41) is 11.7. The second-order valence-electron chi connectivity index (χ2n) is 7.65. The molecule has 0 aliphatic carbocycles. The van der Waals surface area contributed by atoms with E-state index < -0.39 is 23.9 Å². The Bertz CT molecular complexity index is 1350. The standard InChI is InChI=1S/C24H21N3O7/c1-13-10-16(14(2)27(13)17-6-4-15(5-7-17)22(29)30)11-19-21(28)26(24(32)25-19)12-18-8-9-20(34-18)23(31)33-3/h4-11H,12H2,1-3H3,(H,25,32)(H,29,30)/b19-11-. The summed E-state index contributed by atoms with van der Waals surface area (Å²) in [4.78, 5) is 48.9. The number of nitrogens with zero attached hydrogens (tertiary/aromatic N) is 2. The van der Waals surface area contributed by atoms with Gasteiger partial charge in [-0.25, -0.2) is 14.4 Å². The first-order chi connectivity index (χ1) is 16.2. The molecule has 4 rings (SSSR count). The van der Waals surface area contributed by atoms with Gasteiger partial charge in [0, 0.05) is 17.1 Å². The number of carboxylic acids is 1. The fourth-order valence-electron chi connectivity index (χ4n) is 3.78. The Kier molecular flexibility index (Phi) is 5.80. The number of imide groups is 1. The van der Waals surface area contributed by atoms with Crippen molar-refractivity contribution < 1.29 is 33.4 Å². The minimum Gasteiger partial charge on any atom is -0.478 e. The number of rotatable bonds is 6. The predicted octanol–water partition coefficient (Wildman–Crippen LogP) is 3.26. The van der Waals surface area contributed by atoms with Crippen LogP contribution in [-0.2, 0) is 16.1 Å². The monoisotopic (exact) mass is 463 g/mol. The Morgan fingerprint density at radius 1 is 1.12 bits per heavy atom. The van der Waals surface area contributed by atoms with Gasteiger partial charge >= 0.3 is 18.0 Å². The number of hydrogen-bond acceptors (Lipinski definition) is 6. The highest BCUT2D eigenvalue weighted by molar-refractivity contribution is 6.14. The number of hydrogen-bond donors (Lipinski definition) is 2. The number of methoxy groups -OCH3 is 1. The van der Waals surface area contributed by atoms with Crippen molar-refractivity contribution in [3.8, 4) is 5.69 Å². The van der Waals surface area contributed by atoms with Crippen molar-refractivity contribution in [1.82, 2.24) is 14.8 Å². The summed E-state index contributed by atoms with van der Waals surface area (Å²) >= 11 is 0. The molecule has 174 valence electrons. The summed E-state index contributed by atoms with van der Waals surface area (Å²) in [5.74, 6) is -1.96. The molecule has 1 aliphatic heterocycles. The topological polar surface area (TPSA) is 131 Å². The molecule has 1 aromatic carbocycles. The van der Waals surface area contributed by atoms with Crippen LogP contribution in [0.1, 0.15) is 43.6 Å². The first kappa shape index (κ1) is 22.6. The van der Waals surface area contributed by atoms with Crippen molar-refractivity contribution in [2.75, 3.05) is 7.11 Å². The number of aromatic nitrogens is 1. The fourth-order valence-corrected chi connectivity index (χ4v) is 3.78. The molecule has 2 aromatic heterocycles. The van der Waals surface area contributed by atoms with Crippen LogP contribution in [0.15, 0.2) is 52.6 Å². The Morgan fingerprint density at radius 3 is 2.47 bits per heavy atom. The fraction of sp³-hybridized carbons (Fsp3) is 0.167. The van der Waals surface area contributed by atoms with Crippen LogP contribution < -0.4 is 5.32 Å². The van der Waals surface area contributed by atoms with Crippen LogP contribution in [0.2, 0.25) is 0 Å². The van der Waals surface area contributed by atoms with Crippen LogP contribution in [0.25, 0.3) is 11.8 Å². The van der Waals surface area contributed by atoms with E-state index in [1.54, 1.807) is 18.2 Å². The minimum atomic E-state index is -1.01. The molecule has 3 aromatic rings. The number of carbonyl (C=O) groups is 4. The highest BCUT2D eigenvalue weighted by atomic mass is 16.5. The molecule has 3 amide bonds. The second-order valence-corrected chi connectivity index (χ2v) is 7.65. The van der Waals surface area contributed by atoms with Gasteiger partial charge in [0.2, 0.25) is 5.76 Å². The molecule has 0 spiro atoms. The van der Waals surface area contributed by atoms with E-state index in [2.05, 4.69) is 10.1 Å². The van der Waals surface area contributed by atoms with Gasteiger partial charge < -0.3 is 24.1 Å². The van der Waals surface area contributed by atoms with Crippen molar-refractivity contribution in [1.29, 1.82) is 0 Å². The van der Waals surface area contributed by atoms with Gasteiger partial charge in [0.05, 0.1) is 19.2 Å². The van der Waals surface area contributed by atoms with Gasteiger partial charge in [-0.2, -0.15) is 0 Å². The number of carboxylic acid groups (broad SMARTS) is 1. The van der Waals surface area contributed by atoms with Crippen LogP contribution in [-0.4, -0.2) is 45.6 Å². The summed E-state index contributed by atoms with van der Waals surface area (Å²) in [7, 11) is 1.22. The summed E-state index contributed by atoms with van der Waals surface area (Å²) < 4.78 is 11.9. The van der Waals surface area contributed by atoms with Gasteiger partial charge in [0.1, 0.15) is 11.5 Å². The smallest absolute Gasteiger partial charge is 0.373 e. The van der Waals surface area contributed by atoms with Crippen LogP contribution in [0.3, 0.4) is 0 Å². The van der Waals surface area contributed by atoms with Crippen molar-refractivity contribution in [3.05, 3.63) is 82.2 Å².